The number of esters is 1. The lowest BCUT2D eigenvalue weighted by atomic mass is 10.1. The average molecular weight is 310 g/mol. The van der Waals surface area contributed by atoms with Crippen LogP contribution in [-0.4, -0.2) is 25.5 Å². The zero-order valence-corrected chi connectivity index (χ0v) is 13.1. The molecule has 1 aliphatic heterocycles. The van der Waals surface area contributed by atoms with Crippen LogP contribution in [-0.2, 0) is 16.0 Å². The van der Waals surface area contributed by atoms with Gasteiger partial charge in [0.05, 0.1) is 24.0 Å². The molecule has 0 bridgehead atoms. The number of nitrogens with zero attached hydrogens (tertiary/aromatic N) is 1. The second-order valence-corrected chi connectivity index (χ2v) is 5.43. The van der Waals surface area contributed by atoms with E-state index < -0.39 is 0 Å². The van der Waals surface area contributed by atoms with Crippen LogP contribution in [0.15, 0.2) is 42.5 Å². The van der Waals surface area contributed by atoms with Crippen LogP contribution >= 0.6 is 0 Å². The van der Waals surface area contributed by atoms with Crippen molar-refractivity contribution in [3.05, 3.63) is 53.6 Å². The zero-order valence-electron chi connectivity index (χ0n) is 13.1. The summed E-state index contributed by atoms with van der Waals surface area (Å²) < 4.78 is 4.69. The fourth-order valence-corrected chi connectivity index (χ4v) is 2.83. The molecular formula is C18H18N2O3. The molecule has 0 unspecified atom stereocenters. The lowest BCUT2D eigenvalue weighted by Gasteiger charge is -2.19. The molecule has 0 saturated carbocycles. The Balaban J connectivity index is 1.88. The van der Waals surface area contributed by atoms with Crippen molar-refractivity contribution in [1.82, 2.24) is 0 Å². The van der Waals surface area contributed by atoms with E-state index in [9.17, 15) is 9.59 Å². The monoisotopic (exact) mass is 310 g/mol. The van der Waals surface area contributed by atoms with Gasteiger partial charge in [0.2, 0.25) is 5.91 Å². The van der Waals surface area contributed by atoms with Crippen LogP contribution in [0.25, 0.3) is 0 Å². The van der Waals surface area contributed by atoms with Crippen LogP contribution < -0.4 is 10.2 Å². The maximum atomic E-state index is 11.8. The Bertz CT molecular complexity index is 753. The highest BCUT2D eigenvalue weighted by Gasteiger charge is 2.25. The molecule has 118 valence electrons. The minimum atomic E-state index is -0.361. The first-order valence-electron chi connectivity index (χ1n) is 7.45. The molecule has 3 rings (SSSR count). The van der Waals surface area contributed by atoms with Gasteiger partial charge in [0.25, 0.3) is 0 Å². The van der Waals surface area contributed by atoms with Gasteiger partial charge in [0.1, 0.15) is 0 Å². The summed E-state index contributed by atoms with van der Waals surface area (Å²) in [7, 11) is 1.36. The fraction of sp³-hybridized carbons (Fsp3) is 0.222. The summed E-state index contributed by atoms with van der Waals surface area (Å²) in [4.78, 5) is 25.1. The quantitative estimate of drug-likeness (QED) is 0.885. The van der Waals surface area contributed by atoms with E-state index in [2.05, 4.69) is 5.32 Å². The third-order valence-corrected chi connectivity index (χ3v) is 3.96. The Morgan fingerprint density at radius 2 is 1.87 bits per heavy atom. The number of para-hydroxylation sites is 1. The lowest BCUT2D eigenvalue weighted by Crippen LogP contribution is -2.26. The van der Waals surface area contributed by atoms with Gasteiger partial charge in [-0.2, -0.15) is 0 Å². The molecule has 5 nitrogen and oxygen atoms in total. The molecule has 0 spiro atoms. The van der Waals surface area contributed by atoms with Gasteiger partial charge in [-0.3, -0.25) is 4.79 Å². The Hall–Kier alpha value is -2.82. The van der Waals surface area contributed by atoms with Gasteiger partial charge in [-0.25, -0.2) is 4.79 Å². The molecule has 23 heavy (non-hydrogen) atoms. The molecule has 1 aliphatic rings. The van der Waals surface area contributed by atoms with Crippen LogP contribution in [0.5, 0.6) is 0 Å². The van der Waals surface area contributed by atoms with Crippen molar-refractivity contribution in [2.75, 3.05) is 23.9 Å². The number of fused-ring (bicyclic) bond motifs is 1. The molecule has 0 aromatic heterocycles. The minimum Gasteiger partial charge on any atom is -0.465 e. The fourth-order valence-electron chi connectivity index (χ4n) is 2.83. The predicted molar refractivity (Wildman–Crippen MR) is 89.2 cm³/mol. The highest BCUT2D eigenvalue weighted by atomic mass is 16.5. The molecule has 0 atom stereocenters. The van der Waals surface area contributed by atoms with Crippen LogP contribution in [0, 0.1) is 0 Å². The van der Waals surface area contributed by atoms with Crippen LogP contribution in [0.2, 0.25) is 0 Å². The first-order chi connectivity index (χ1) is 11.1. The lowest BCUT2D eigenvalue weighted by molar-refractivity contribution is -0.116. The van der Waals surface area contributed by atoms with Crippen molar-refractivity contribution < 1.29 is 14.3 Å². The number of hydrogen-bond donors (Lipinski definition) is 1. The summed E-state index contributed by atoms with van der Waals surface area (Å²) in [6.45, 7) is 2.29. The van der Waals surface area contributed by atoms with Gasteiger partial charge in [0.15, 0.2) is 0 Å². The molecule has 1 N–H and O–H groups in total. The summed E-state index contributed by atoms with van der Waals surface area (Å²) in [6.07, 6.45) is 0.867. The normalized spacial score (nSPS) is 12.7. The highest BCUT2D eigenvalue weighted by Crippen LogP contribution is 2.37. The maximum Gasteiger partial charge on any atom is 0.337 e. The maximum absolute atomic E-state index is 11.8. The number of hydrogen-bond acceptors (Lipinski definition) is 4. The summed E-state index contributed by atoms with van der Waals surface area (Å²) in [5.41, 5.74) is 4.35. The Morgan fingerprint density at radius 1 is 1.13 bits per heavy atom. The SMILES string of the molecule is COC(=O)c1ccc(Nc2cccc3c2N(C(C)=O)CC3)cc1. The Kier molecular flexibility index (Phi) is 4.02. The minimum absolute atomic E-state index is 0.0408. The molecule has 0 saturated heterocycles. The van der Waals surface area contributed by atoms with E-state index in [-0.39, 0.29) is 11.9 Å². The third-order valence-electron chi connectivity index (χ3n) is 3.96. The summed E-state index contributed by atoms with van der Waals surface area (Å²) >= 11 is 0. The van der Waals surface area contributed by atoms with Gasteiger partial charge >= 0.3 is 5.97 Å². The van der Waals surface area contributed by atoms with E-state index in [1.807, 2.05) is 30.3 Å². The number of benzene rings is 2. The second-order valence-electron chi connectivity index (χ2n) is 5.43. The smallest absolute Gasteiger partial charge is 0.337 e. The molecule has 0 fully saturated rings. The summed E-state index contributed by atoms with van der Waals surface area (Å²) in [5, 5.41) is 3.33. The van der Waals surface area contributed by atoms with Gasteiger partial charge in [0, 0.05) is 19.2 Å². The number of nitrogens with one attached hydrogen (secondary N) is 1. The molecule has 0 radical (unpaired) electrons. The predicted octanol–water partition coefficient (Wildman–Crippen LogP) is 3.13. The number of amides is 1. The topological polar surface area (TPSA) is 58.6 Å². The van der Waals surface area contributed by atoms with E-state index in [4.69, 9.17) is 4.74 Å². The van der Waals surface area contributed by atoms with Crippen molar-refractivity contribution in [3.8, 4) is 0 Å². The summed E-state index contributed by atoms with van der Waals surface area (Å²) in [5.74, 6) is -0.320. The van der Waals surface area contributed by atoms with Gasteiger partial charge in [-0.1, -0.05) is 12.1 Å². The molecule has 0 aliphatic carbocycles. The first kappa shape index (κ1) is 15.1. The third kappa shape index (κ3) is 2.90. The highest BCUT2D eigenvalue weighted by molar-refractivity contribution is 5.98. The molecule has 2 aromatic rings. The van der Waals surface area contributed by atoms with Crippen molar-refractivity contribution in [2.45, 2.75) is 13.3 Å². The van der Waals surface area contributed by atoms with Crippen molar-refractivity contribution >= 4 is 28.9 Å². The van der Waals surface area contributed by atoms with Crippen LogP contribution in [0.4, 0.5) is 17.1 Å². The van der Waals surface area contributed by atoms with E-state index in [1.165, 1.54) is 7.11 Å². The average Bonchev–Trinajstić information content (AvgIpc) is 3.00. The molecule has 1 heterocycles. The summed E-state index contributed by atoms with van der Waals surface area (Å²) in [6, 6.07) is 13.0. The number of methoxy groups -OCH3 is 1. The molecule has 2 aromatic carbocycles. The molecular weight excluding hydrogens is 292 g/mol. The van der Waals surface area contributed by atoms with Crippen molar-refractivity contribution in [3.63, 3.8) is 0 Å². The number of ether oxygens (including phenoxy) is 1. The Labute approximate surface area is 134 Å². The van der Waals surface area contributed by atoms with Gasteiger partial charge < -0.3 is 15.0 Å². The molecule has 5 heteroatoms. The van der Waals surface area contributed by atoms with Crippen molar-refractivity contribution in [1.29, 1.82) is 0 Å². The van der Waals surface area contributed by atoms with E-state index in [0.717, 1.165) is 29.0 Å². The van der Waals surface area contributed by atoms with E-state index in [1.54, 1.807) is 24.0 Å². The number of rotatable bonds is 3. The number of carbonyl (C=O) groups excluding carboxylic acids is 2. The largest absolute Gasteiger partial charge is 0.465 e. The number of anilines is 3. The van der Waals surface area contributed by atoms with Crippen LogP contribution in [0.3, 0.4) is 0 Å². The van der Waals surface area contributed by atoms with Crippen LogP contribution in [0.1, 0.15) is 22.8 Å². The zero-order chi connectivity index (χ0) is 16.4. The van der Waals surface area contributed by atoms with Crippen molar-refractivity contribution in [2.24, 2.45) is 0 Å². The standard InChI is InChI=1S/C18H18N2O3/c1-12(21)20-11-10-13-4-3-5-16(17(13)20)19-15-8-6-14(7-9-15)18(22)23-2/h3-9,19H,10-11H2,1-2H3. The second kappa shape index (κ2) is 6.12. The van der Waals surface area contributed by atoms with E-state index in [0.29, 0.717) is 12.1 Å². The van der Waals surface area contributed by atoms with E-state index >= 15 is 0 Å². The first-order valence-corrected chi connectivity index (χ1v) is 7.45. The Morgan fingerprint density at radius 3 is 2.52 bits per heavy atom. The van der Waals surface area contributed by atoms with Gasteiger partial charge in [-0.05, 0) is 42.3 Å². The molecule has 1 amide bonds. The van der Waals surface area contributed by atoms with Gasteiger partial charge in [-0.15, -0.1) is 0 Å². The number of carbonyl (C=O) groups is 2.